The summed E-state index contributed by atoms with van der Waals surface area (Å²) in [5.74, 6) is 1.38. The largest absolute Gasteiger partial charge is 0.496 e. The lowest BCUT2D eigenvalue weighted by Gasteiger charge is -2.12. The van der Waals surface area contributed by atoms with Crippen LogP contribution in [0.2, 0.25) is 0 Å². The van der Waals surface area contributed by atoms with E-state index in [1.54, 1.807) is 24.9 Å². The number of methoxy groups -OCH3 is 1. The van der Waals surface area contributed by atoms with Gasteiger partial charge in [0.15, 0.2) is 0 Å². The third kappa shape index (κ3) is 4.50. The number of benzene rings is 4. The second kappa shape index (κ2) is 9.06. The van der Waals surface area contributed by atoms with Crippen molar-refractivity contribution >= 4 is 34.1 Å². The molecular formula is C26H23NO2S. The van der Waals surface area contributed by atoms with Gasteiger partial charge < -0.3 is 10.1 Å². The summed E-state index contributed by atoms with van der Waals surface area (Å²) in [6.07, 6.45) is 0. The molecule has 0 aliphatic rings. The third-order valence-corrected chi connectivity index (χ3v) is 6.06. The molecule has 3 nitrogen and oxygen atoms in total. The van der Waals surface area contributed by atoms with Crippen LogP contribution < -0.4 is 10.1 Å². The maximum absolute atomic E-state index is 13.0. The van der Waals surface area contributed by atoms with E-state index in [0.717, 1.165) is 33.5 Å². The highest BCUT2D eigenvalue weighted by Gasteiger charge is 2.12. The number of hydrogen-bond acceptors (Lipinski definition) is 3. The molecule has 4 rings (SSSR count). The minimum atomic E-state index is -0.129. The van der Waals surface area contributed by atoms with Gasteiger partial charge in [-0.05, 0) is 48.7 Å². The zero-order valence-corrected chi connectivity index (χ0v) is 17.8. The maximum atomic E-state index is 13.0. The lowest BCUT2D eigenvalue weighted by molar-refractivity contribution is 0.102. The number of aryl methyl sites for hydroxylation is 1. The number of rotatable bonds is 6. The Bertz CT molecular complexity index is 1180. The number of nitrogens with one attached hydrogen (secondary N) is 1. The summed E-state index contributed by atoms with van der Waals surface area (Å²) in [4.78, 5) is 14.2. The fraction of sp³-hybridized carbons (Fsp3) is 0.115. The second-order valence-electron chi connectivity index (χ2n) is 7.11. The minimum absolute atomic E-state index is 0.129. The van der Waals surface area contributed by atoms with Crippen LogP contribution in [-0.4, -0.2) is 13.0 Å². The van der Waals surface area contributed by atoms with Gasteiger partial charge in [0.05, 0.1) is 7.11 Å². The lowest BCUT2D eigenvalue weighted by atomic mass is 10.1. The summed E-state index contributed by atoms with van der Waals surface area (Å²) in [5, 5.41) is 5.18. The third-order valence-electron chi connectivity index (χ3n) is 5.00. The summed E-state index contributed by atoms with van der Waals surface area (Å²) in [6.45, 7) is 2.08. The van der Waals surface area contributed by atoms with Crippen molar-refractivity contribution in [2.45, 2.75) is 17.6 Å². The topological polar surface area (TPSA) is 38.3 Å². The van der Waals surface area contributed by atoms with Crippen molar-refractivity contribution in [2.24, 2.45) is 0 Å². The molecule has 0 saturated carbocycles. The van der Waals surface area contributed by atoms with Crippen molar-refractivity contribution in [1.29, 1.82) is 0 Å². The van der Waals surface area contributed by atoms with E-state index in [1.807, 2.05) is 54.6 Å². The summed E-state index contributed by atoms with van der Waals surface area (Å²) in [5.41, 5.74) is 3.66. The molecule has 0 unspecified atom stereocenters. The summed E-state index contributed by atoms with van der Waals surface area (Å²) >= 11 is 1.73. The van der Waals surface area contributed by atoms with Crippen LogP contribution in [0.1, 0.15) is 21.5 Å². The molecule has 0 aromatic heterocycles. The van der Waals surface area contributed by atoms with Crippen LogP contribution in [0.4, 0.5) is 5.69 Å². The van der Waals surface area contributed by atoms with Gasteiger partial charge >= 0.3 is 0 Å². The first kappa shape index (κ1) is 20.0. The Morgan fingerprint density at radius 3 is 2.50 bits per heavy atom. The van der Waals surface area contributed by atoms with Crippen LogP contribution in [0.15, 0.2) is 89.8 Å². The molecule has 0 heterocycles. The molecule has 0 aliphatic carbocycles. The molecule has 0 saturated heterocycles. The van der Waals surface area contributed by atoms with E-state index in [4.69, 9.17) is 4.74 Å². The number of carbonyl (C=O) groups is 1. The van der Waals surface area contributed by atoms with Gasteiger partial charge in [-0.3, -0.25) is 4.79 Å². The van der Waals surface area contributed by atoms with Crippen LogP contribution in [0.5, 0.6) is 5.75 Å². The number of thioether (sulfide) groups is 1. The first-order valence-corrected chi connectivity index (χ1v) is 10.8. The Kier molecular flexibility index (Phi) is 6.05. The Morgan fingerprint density at radius 1 is 0.933 bits per heavy atom. The standard InChI is InChI=1S/C26H23NO2S/c1-18-10-13-22(14-11-18)30-17-21-16-20(12-15-25(21)29-2)26(28)27-24-9-5-7-19-6-3-4-8-23(19)24/h3-16H,17H2,1-2H3,(H,27,28). The van der Waals surface area contributed by atoms with Gasteiger partial charge in [-0.1, -0.05) is 54.1 Å². The van der Waals surface area contributed by atoms with Gasteiger partial charge in [0.1, 0.15) is 5.75 Å². The SMILES string of the molecule is COc1ccc(C(=O)Nc2cccc3ccccc23)cc1CSc1ccc(C)cc1. The molecule has 0 spiro atoms. The van der Waals surface area contributed by atoms with E-state index in [0.29, 0.717) is 5.56 Å². The second-order valence-corrected chi connectivity index (χ2v) is 8.16. The summed E-state index contributed by atoms with van der Waals surface area (Å²) < 4.78 is 5.52. The van der Waals surface area contributed by atoms with Gasteiger partial charge in [0.25, 0.3) is 5.91 Å². The molecule has 1 N–H and O–H groups in total. The van der Waals surface area contributed by atoms with E-state index < -0.39 is 0 Å². The molecule has 4 aromatic rings. The van der Waals surface area contributed by atoms with E-state index in [1.165, 1.54) is 10.5 Å². The predicted molar refractivity (Wildman–Crippen MR) is 126 cm³/mol. The van der Waals surface area contributed by atoms with Crippen molar-refractivity contribution in [1.82, 2.24) is 0 Å². The first-order chi connectivity index (χ1) is 14.6. The number of ether oxygens (including phenoxy) is 1. The zero-order chi connectivity index (χ0) is 20.9. The highest BCUT2D eigenvalue weighted by Crippen LogP contribution is 2.30. The quantitative estimate of drug-likeness (QED) is 0.357. The number of carbonyl (C=O) groups excluding carboxylic acids is 1. The monoisotopic (exact) mass is 413 g/mol. The molecule has 30 heavy (non-hydrogen) atoms. The number of hydrogen-bond donors (Lipinski definition) is 1. The van der Waals surface area contributed by atoms with Crippen LogP contribution in [-0.2, 0) is 5.75 Å². The Balaban J connectivity index is 1.55. The van der Waals surface area contributed by atoms with Gasteiger partial charge in [0.2, 0.25) is 0 Å². The average Bonchev–Trinajstić information content (AvgIpc) is 2.78. The van der Waals surface area contributed by atoms with Gasteiger partial charge in [0, 0.05) is 32.8 Å². The molecule has 4 aromatic carbocycles. The lowest BCUT2D eigenvalue weighted by Crippen LogP contribution is -2.12. The first-order valence-electron chi connectivity index (χ1n) is 9.79. The highest BCUT2D eigenvalue weighted by atomic mass is 32.2. The number of anilines is 1. The van der Waals surface area contributed by atoms with Crippen molar-refractivity contribution in [3.63, 3.8) is 0 Å². The van der Waals surface area contributed by atoms with Crippen LogP contribution in [0, 0.1) is 6.92 Å². The Morgan fingerprint density at radius 2 is 1.70 bits per heavy atom. The zero-order valence-electron chi connectivity index (χ0n) is 17.0. The van der Waals surface area contributed by atoms with Crippen molar-refractivity contribution in [3.05, 3.63) is 102 Å². The number of fused-ring (bicyclic) bond motifs is 1. The van der Waals surface area contributed by atoms with Crippen LogP contribution >= 0.6 is 11.8 Å². The smallest absolute Gasteiger partial charge is 0.255 e. The molecule has 150 valence electrons. The van der Waals surface area contributed by atoms with Crippen molar-refractivity contribution in [3.8, 4) is 5.75 Å². The van der Waals surface area contributed by atoms with E-state index in [9.17, 15) is 4.79 Å². The molecule has 1 amide bonds. The average molecular weight is 414 g/mol. The fourth-order valence-electron chi connectivity index (χ4n) is 3.36. The summed E-state index contributed by atoms with van der Waals surface area (Å²) in [6, 6.07) is 28.0. The molecule has 0 radical (unpaired) electrons. The molecule has 0 bridgehead atoms. The van der Waals surface area contributed by atoms with E-state index >= 15 is 0 Å². The van der Waals surface area contributed by atoms with Gasteiger partial charge in [-0.25, -0.2) is 0 Å². The maximum Gasteiger partial charge on any atom is 0.255 e. The minimum Gasteiger partial charge on any atom is -0.496 e. The van der Waals surface area contributed by atoms with E-state index in [-0.39, 0.29) is 5.91 Å². The molecule has 4 heteroatoms. The molecule has 0 fully saturated rings. The summed E-state index contributed by atoms with van der Waals surface area (Å²) in [7, 11) is 1.66. The molecule has 0 atom stereocenters. The van der Waals surface area contributed by atoms with Crippen molar-refractivity contribution < 1.29 is 9.53 Å². The molecule has 0 aliphatic heterocycles. The van der Waals surface area contributed by atoms with Crippen LogP contribution in [0.3, 0.4) is 0 Å². The van der Waals surface area contributed by atoms with Crippen LogP contribution in [0.25, 0.3) is 10.8 Å². The Labute approximate surface area is 181 Å². The fourth-order valence-corrected chi connectivity index (χ4v) is 4.23. The van der Waals surface area contributed by atoms with Crippen molar-refractivity contribution in [2.75, 3.05) is 12.4 Å². The normalized spacial score (nSPS) is 10.7. The Hall–Kier alpha value is -3.24. The molecular weight excluding hydrogens is 390 g/mol. The number of amides is 1. The van der Waals surface area contributed by atoms with E-state index in [2.05, 4.69) is 36.5 Å². The van der Waals surface area contributed by atoms with Gasteiger partial charge in [-0.2, -0.15) is 0 Å². The predicted octanol–water partition coefficient (Wildman–Crippen LogP) is 6.70. The highest BCUT2D eigenvalue weighted by molar-refractivity contribution is 7.98. The van der Waals surface area contributed by atoms with Gasteiger partial charge in [-0.15, -0.1) is 11.8 Å².